The molecule has 5 nitrogen and oxygen atoms in total. The fourth-order valence-corrected chi connectivity index (χ4v) is 2.56. The molecule has 0 unspecified atom stereocenters. The Balaban J connectivity index is 2.09. The first kappa shape index (κ1) is 15.4. The van der Waals surface area contributed by atoms with Gasteiger partial charge in [-0.2, -0.15) is 0 Å². The first-order chi connectivity index (χ1) is 9.92. The predicted octanol–water partition coefficient (Wildman–Crippen LogP) is 2.20. The molecule has 1 aromatic carbocycles. The zero-order chi connectivity index (χ0) is 15.6. The summed E-state index contributed by atoms with van der Waals surface area (Å²) in [7, 11) is 1.57. The minimum atomic E-state index is -0.301. The number of ether oxygens (including phenoxy) is 1. The Kier molecular flexibility index (Phi) is 4.50. The summed E-state index contributed by atoms with van der Waals surface area (Å²) >= 11 is 0. The van der Waals surface area contributed by atoms with Gasteiger partial charge in [0, 0.05) is 19.0 Å². The summed E-state index contributed by atoms with van der Waals surface area (Å²) < 4.78 is 5.25. The Morgan fingerprint density at radius 2 is 2.14 bits per heavy atom. The van der Waals surface area contributed by atoms with Crippen molar-refractivity contribution in [2.24, 2.45) is 5.92 Å². The Labute approximate surface area is 125 Å². The number of likely N-dealkylation sites (tertiary alicyclic amines) is 1. The number of nitrogens with zero attached hydrogens (tertiary/aromatic N) is 1. The van der Waals surface area contributed by atoms with Crippen LogP contribution in [0.25, 0.3) is 0 Å². The van der Waals surface area contributed by atoms with Crippen LogP contribution in [0.2, 0.25) is 0 Å². The molecule has 114 valence electrons. The Bertz CT molecular complexity index is 554. The van der Waals surface area contributed by atoms with E-state index in [1.54, 1.807) is 12.0 Å². The average Bonchev–Trinajstić information content (AvgIpc) is 2.81. The lowest BCUT2D eigenvalue weighted by Crippen LogP contribution is -2.33. The van der Waals surface area contributed by atoms with E-state index in [2.05, 4.69) is 5.32 Å². The van der Waals surface area contributed by atoms with Gasteiger partial charge < -0.3 is 15.0 Å². The van der Waals surface area contributed by atoms with Crippen molar-refractivity contribution in [3.8, 4) is 5.75 Å². The van der Waals surface area contributed by atoms with E-state index in [1.807, 2.05) is 39.0 Å². The molecule has 1 atom stereocenters. The summed E-state index contributed by atoms with van der Waals surface area (Å²) in [5.41, 5.74) is 1.69. The molecule has 0 aromatic heterocycles. The highest BCUT2D eigenvalue weighted by molar-refractivity contribution is 5.98. The number of hydrogen-bond donors (Lipinski definition) is 1. The van der Waals surface area contributed by atoms with Crippen LogP contribution in [0.3, 0.4) is 0 Å². The van der Waals surface area contributed by atoms with E-state index in [4.69, 9.17) is 4.74 Å². The van der Waals surface area contributed by atoms with Crippen LogP contribution < -0.4 is 10.1 Å². The summed E-state index contributed by atoms with van der Waals surface area (Å²) in [5.74, 6) is 0.237. The number of rotatable bonds is 4. The number of amides is 2. The van der Waals surface area contributed by atoms with Crippen LogP contribution in [0.4, 0.5) is 5.69 Å². The second-order valence-corrected chi connectivity index (χ2v) is 5.73. The molecule has 1 N–H and O–H groups in total. The van der Waals surface area contributed by atoms with Crippen LogP contribution in [0.15, 0.2) is 18.2 Å². The molecule has 0 bridgehead atoms. The van der Waals surface area contributed by atoms with Gasteiger partial charge in [-0.3, -0.25) is 9.59 Å². The average molecular weight is 290 g/mol. The minimum absolute atomic E-state index is 0.0429. The maximum absolute atomic E-state index is 12.4. The molecule has 1 aliphatic rings. The van der Waals surface area contributed by atoms with Crippen molar-refractivity contribution in [3.05, 3.63) is 23.8 Å². The van der Waals surface area contributed by atoms with Crippen molar-refractivity contribution in [3.63, 3.8) is 0 Å². The Hall–Kier alpha value is -2.04. The monoisotopic (exact) mass is 290 g/mol. The topological polar surface area (TPSA) is 58.6 Å². The largest absolute Gasteiger partial charge is 0.495 e. The summed E-state index contributed by atoms with van der Waals surface area (Å²) in [6.07, 6.45) is 0.276. The lowest BCUT2D eigenvalue weighted by molar-refractivity contribution is -0.129. The zero-order valence-electron chi connectivity index (χ0n) is 13.0. The number of nitrogens with one attached hydrogen (secondary N) is 1. The third-order valence-electron chi connectivity index (χ3n) is 3.77. The van der Waals surface area contributed by atoms with Crippen molar-refractivity contribution in [1.29, 1.82) is 0 Å². The van der Waals surface area contributed by atoms with E-state index in [0.717, 1.165) is 5.56 Å². The Morgan fingerprint density at radius 3 is 2.71 bits per heavy atom. The molecule has 1 fully saturated rings. The first-order valence-corrected chi connectivity index (χ1v) is 7.17. The van der Waals surface area contributed by atoms with Crippen molar-refractivity contribution in [1.82, 2.24) is 4.90 Å². The third-order valence-corrected chi connectivity index (χ3v) is 3.77. The van der Waals surface area contributed by atoms with E-state index in [1.165, 1.54) is 0 Å². The van der Waals surface area contributed by atoms with Crippen LogP contribution in [0, 0.1) is 12.8 Å². The highest BCUT2D eigenvalue weighted by Gasteiger charge is 2.35. The van der Waals surface area contributed by atoms with Gasteiger partial charge in [-0.25, -0.2) is 0 Å². The van der Waals surface area contributed by atoms with Gasteiger partial charge in [-0.05, 0) is 38.5 Å². The van der Waals surface area contributed by atoms with E-state index < -0.39 is 0 Å². The number of anilines is 1. The molecule has 0 saturated carbocycles. The van der Waals surface area contributed by atoms with Gasteiger partial charge in [0.2, 0.25) is 11.8 Å². The normalized spacial score (nSPS) is 18.2. The zero-order valence-corrected chi connectivity index (χ0v) is 13.0. The molecule has 1 saturated heterocycles. The van der Waals surface area contributed by atoms with E-state index in [9.17, 15) is 9.59 Å². The van der Waals surface area contributed by atoms with Gasteiger partial charge in [0.05, 0.1) is 18.7 Å². The second-order valence-electron chi connectivity index (χ2n) is 5.73. The Morgan fingerprint density at radius 1 is 1.43 bits per heavy atom. The van der Waals surface area contributed by atoms with Crippen LogP contribution >= 0.6 is 0 Å². The van der Waals surface area contributed by atoms with Crippen molar-refractivity contribution in [2.75, 3.05) is 19.0 Å². The SMILES string of the molecule is COc1ccc(C)cc1NC(=O)[C@H]1CC(=O)N(C(C)C)C1. The number of aryl methyl sites for hydroxylation is 1. The second kappa shape index (κ2) is 6.16. The van der Waals surface area contributed by atoms with Crippen LogP contribution in [-0.2, 0) is 9.59 Å². The molecule has 5 heteroatoms. The quantitative estimate of drug-likeness (QED) is 0.925. The molecule has 0 aliphatic carbocycles. The maximum atomic E-state index is 12.4. The molecule has 21 heavy (non-hydrogen) atoms. The smallest absolute Gasteiger partial charge is 0.229 e. The van der Waals surface area contributed by atoms with Gasteiger partial charge in [0.15, 0.2) is 0 Å². The van der Waals surface area contributed by atoms with Gasteiger partial charge >= 0.3 is 0 Å². The standard InChI is InChI=1S/C16H22N2O3/c1-10(2)18-9-12(8-15(18)19)16(20)17-13-7-11(3)5-6-14(13)21-4/h5-7,10,12H,8-9H2,1-4H3,(H,17,20)/t12-/m0/s1. The summed E-state index contributed by atoms with van der Waals surface area (Å²) in [6, 6.07) is 5.75. The lowest BCUT2D eigenvalue weighted by atomic mass is 10.1. The molecule has 0 spiro atoms. The minimum Gasteiger partial charge on any atom is -0.495 e. The number of carbonyl (C=O) groups excluding carboxylic acids is 2. The molecular weight excluding hydrogens is 268 g/mol. The highest BCUT2D eigenvalue weighted by Crippen LogP contribution is 2.27. The van der Waals surface area contributed by atoms with E-state index in [-0.39, 0.29) is 30.2 Å². The highest BCUT2D eigenvalue weighted by atomic mass is 16.5. The molecule has 1 aromatic rings. The van der Waals surface area contributed by atoms with Crippen LogP contribution in [-0.4, -0.2) is 36.4 Å². The molecule has 2 rings (SSSR count). The van der Waals surface area contributed by atoms with E-state index in [0.29, 0.717) is 18.0 Å². The van der Waals surface area contributed by atoms with Crippen molar-refractivity contribution >= 4 is 17.5 Å². The number of hydrogen-bond acceptors (Lipinski definition) is 3. The number of methoxy groups -OCH3 is 1. The molecule has 0 radical (unpaired) electrons. The fraction of sp³-hybridized carbons (Fsp3) is 0.500. The molecule has 2 amide bonds. The van der Waals surface area contributed by atoms with Gasteiger partial charge in [0.1, 0.15) is 5.75 Å². The van der Waals surface area contributed by atoms with Crippen LogP contribution in [0.1, 0.15) is 25.8 Å². The molecule has 1 aliphatic heterocycles. The first-order valence-electron chi connectivity index (χ1n) is 7.17. The van der Waals surface area contributed by atoms with E-state index >= 15 is 0 Å². The summed E-state index contributed by atoms with van der Waals surface area (Å²) in [5, 5.41) is 2.88. The van der Waals surface area contributed by atoms with Gasteiger partial charge in [-0.15, -0.1) is 0 Å². The number of carbonyl (C=O) groups is 2. The third kappa shape index (κ3) is 3.35. The maximum Gasteiger partial charge on any atom is 0.229 e. The fourth-order valence-electron chi connectivity index (χ4n) is 2.56. The molecule has 1 heterocycles. The van der Waals surface area contributed by atoms with Crippen molar-refractivity contribution < 1.29 is 14.3 Å². The number of benzene rings is 1. The van der Waals surface area contributed by atoms with Crippen molar-refractivity contribution in [2.45, 2.75) is 33.2 Å². The summed E-state index contributed by atoms with van der Waals surface area (Å²) in [6.45, 7) is 6.36. The predicted molar refractivity (Wildman–Crippen MR) is 81.3 cm³/mol. The van der Waals surface area contributed by atoms with Crippen LogP contribution in [0.5, 0.6) is 5.75 Å². The van der Waals surface area contributed by atoms with Gasteiger partial charge in [-0.1, -0.05) is 6.07 Å². The molecular formula is C16H22N2O3. The summed E-state index contributed by atoms with van der Waals surface area (Å²) in [4.78, 5) is 26.0. The lowest BCUT2D eigenvalue weighted by Gasteiger charge is -2.20. The van der Waals surface area contributed by atoms with Gasteiger partial charge in [0.25, 0.3) is 0 Å².